The number of nitrogens with zero attached hydrogens (tertiary/aromatic N) is 2. The molecule has 2 aliphatic heterocycles. The number of piperidine rings is 1. The van der Waals surface area contributed by atoms with Crippen LogP contribution in [0, 0.1) is 0 Å². The molecule has 1 N–H and O–H groups in total. The average Bonchev–Trinajstić information content (AvgIpc) is 2.67. The largest absolute Gasteiger partial charge is 0.489 e. The molecule has 6 heteroatoms. The molecule has 0 saturated carbocycles. The first-order valence-electron chi connectivity index (χ1n) is 6.63. The van der Waals surface area contributed by atoms with Gasteiger partial charge in [0.05, 0.1) is 5.70 Å². The van der Waals surface area contributed by atoms with Crippen LogP contribution in [-0.4, -0.2) is 55.7 Å². The van der Waals surface area contributed by atoms with E-state index in [9.17, 15) is 4.79 Å². The minimum atomic E-state index is -0.412. The summed E-state index contributed by atoms with van der Waals surface area (Å²) in [5.74, 6) is 0.830. The van der Waals surface area contributed by atoms with Crippen LogP contribution >= 0.6 is 0 Å². The van der Waals surface area contributed by atoms with Crippen molar-refractivity contribution >= 4 is 6.09 Å². The van der Waals surface area contributed by atoms with Crippen molar-refractivity contribution in [3.05, 3.63) is 11.5 Å². The first kappa shape index (κ1) is 14.0. The van der Waals surface area contributed by atoms with Gasteiger partial charge in [0, 0.05) is 46.4 Å². The van der Waals surface area contributed by atoms with Gasteiger partial charge in [-0.15, -0.1) is 0 Å². The molecule has 0 aromatic rings. The van der Waals surface area contributed by atoms with E-state index in [1.54, 1.807) is 14.1 Å². The van der Waals surface area contributed by atoms with E-state index in [2.05, 4.69) is 17.4 Å². The lowest BCUT2D eigenvalue weighted by molar-refractivity contribution is -0.0232. The summed E-state index contributed by atoms with van der Waals surface area (Å²) < 4.78 is 6.03. The fraction of sp³-hybridized carbons (Fsp3) is 0.769. The van der Waals surface area contributed by atoms with E-state index in [0.717, 1.165) is 43.8 Å². The van der Waals surface area contributed by atoms with Crippen LogP contribution in [0.2, 0.25) is 0 Å². The van der Waals surface area contributed by atoms with E-state index < -0.39 is 6.09 Å². The maximum atomic E-state index is 11.4. The lowest BCUT2D eigenvalue weighted by Gasteiger charge is -2.37. The molecule has 0 aromatic carbocycles. The van der Waals surface area contributed by atoms with E-state index in [0.29, 0.717) is 0 Å². The Hall–Kier alpha value is -1.43. The van der Waals surface area contributed by atoms with E-state index in [1.165, 1.54) is 4.90 Å². The highest BCUT2D eigenvalue weighted by Gasteiger charge is 2.42. The Morgan fingerprint density at radius 3 is 2.63 bits per heavy atom. The topological polar surface area (TPSA) is 54.0 Å². The first-order chi connectivity index (χ1) is 8.92. The van der Waals surface area contributed by atoms with Gasteiger partial charge in [-0.2, -0.15) is 0 Å². The molecule has 2 rings (SSSR count). The van der Waals surface area contributed by atoms with Gasteiger partial charge in [-0.1, -0.05) is 0 Å². The number of carbonyl (C=O) groups is 1. The van der Waals surface area contributed by atoms with Gasteiger partial charge in [0.15, 0.2) is 0 Å². The van der Waals surface area contributed by atoms with Crippen molar-refractivity contribution in [2.45, 2.75) is 31.8 Å². The summed E-state index contributed by atoms with van der Waals surface area (Å²) in [4.78, 5) is 20.1. The zero-order valence-corrected chi connectivity index (χ0v) is 12.2. The Morgan fingerprint density at radius 2 is 2.05 bits per heavy atom. The van der Waals surface area contributed by atoms with Crippen LogP contribution < -0.4 is 5.48 Å². The number of likely N-dealkylation sites (tertiary alicyclic amines) is 1. The summed E-state index contributed by atoms with van der Waals surface area (Å²) >= 11 is 0. The monoisotopic (exact) mass is 269 g/mol. The number of carbonyl (C=O) groups excluding carboxylic acids is 1. The molecule has 1 amide bonds. The van der Waals surface area contributed by atoms with E-state index in [4.69, 9.17) is 9.57 Å². The number of hydrogen-bond acceptors (Lipinski definition) is 5. The van der Waals surface area contributed by atoms with Crippen molar-refractivity contribution in [3.63, 3.8) is 0 Å². The number of hydroxylamine groups is 1. The summed E-state index contributed by atoms with van der Waals surface area (Å²) in [6, 6.07) is 0. The lowest BCUT2D eigenvalue weighted by Crippen LogP contribution is -2.43. The second-order valence-electron chi connectivity index (χ2n) is 5.66. The molecule has 19 heavy (non-hydrogen) atoms. The lowest BCUT2D eigenvalue weighted by atomic mass is 9.88. The molecule has 0 atom stereocenters. The number of ether oxygens (including phenoxy) is 1. The van der Waals surface area contributed by atoms with Crippen molar-refractivity contribution in [3.8, 4) is 0 Å². The van der Waals surface area contributed by atoms with E-state index in [-0.39, 0.29) is 5.60 Å². The first-order valence-corrected chi connectivity index (χ1v) is 6.63. The molecule has 1 saturated heterocycles. The van der Waals surface area contributed by atoms with Crippen molar-refractivity contribution in [1.82, 2.24) is 15.3 Å². The van der Waals surface area contributed by atoms with Gasteiger partial charge in [0.2, 0.25) is 0 Å². The van der Waals surface area contributed by atoms with E-state index >= 15 is 0 Å². The van der Waals surface area contributed by atoms with Crippen molar-refractivity contribution < 1.29 is 14.4 Å². The van der Waals surface area contributed by atoms with Crippen LogP contribution in [0.25, 0.3) is 0 Å². The van der Waals surface area contributed by atoms with Gasteiger partial charge in [-0.25, -0.2) is 10.3 Å². The maximum absolute atomic E-state index is 11.4. The molecule has 0 aromatic heterocycles. The molecule has 0 unspecified atom stereocenters. The summed E-state index contributed by atoms with van der Waals surface area (Å²) in [6.07, 6.45) is 2.39. The molecule has 0 radical (unpaired) electrons. The maximum Gasteiger partial charge on any atom is 0.433 e. The minimum Gasteiger partial charge on any atom is -0.489 e. The summed E-state index contributed by atoms with van der Waals surface area (Å²) in [7, 11) is 5.42. The van der Waals surface area contributed by atoms with Gasteiger partial charge < -0.3 is 19.4 Å². The molecule has 1 fully saturated rings. The highest BCUT2D eigenvalue weighted by Crippen LogP contribution is 2.39. The second-order valence-corrected chi connectivity index (χ2v) is 5.66. The van der Waals surface area contributed by atoms with Gasteiger partial charge in [-0.3, -0.25) is 0 Å². The van der Waals surface area contributed by atoms with Gasteiger partial charge in [0.1, 0.15) is 11.4 Å². The van der Waals surface area contributed by atoms with Crippen LogP contribution in [0.5, 0.6) is 0 Å². The standard InChI is InChI=1S/C13H23N3O3/c1-10-11(14-19-12(17)15(2)3)9-13(18-10)5-7-16(4)8-6-13/h14H,5-9H2,1-4H3. The van der Waals surface area contributed by atoms with Crippen molar-refractivity contribution in [2.24, 2.45) is 0 Å². The van der Waals surface area contributed by atoms with Gasteiger partial charge >= 0.3 is 6.09 Å². The van der Waals surface area contributed by atoms with Crippen LogP contribution in [0.4, 0.5) is 4.79 Å². The number of nitrogens with one attached hydrogen (secondary N) is 1. The highest BCUT2D eigenvalue weighted by molar-refractivity contribution is 5.66. The number of rotatable bonds is 2. The predicted molar refractivity (Wildman–Crippen MR) is 71.2 cm³/mol. The zero-order chi connectivity index (χ0) is 14.0. The molecule has 6 nitrogen and oxygen atoms in total. The molecule has 2 aliphatic rings. The summed E-state index contributed by atoms with van der Waals surface area (Å²) in [6.45, 7) is 4.00. The third kappa shape index (κ3) is 3.12. The van der Waals surface area contributed by atoms with Crippen LogP contribution in [-0.2, 0) is 9.57 Å². The van der Waals surface area contributed by atoms with Crippen LogP contribution in [0.1, 0.15) is 26.2 Å². The fourth-order valence-corrected chi connectivity index (χ4v) is 2.48. The molecule has 108 valence electrons. The van der Waals surface area contributed by atoms with E-state index in [1.807, 2.05) is 6.92 Å². The summed E-state index contributed by atoms with van der Waals surface area (Å²) in [5.41, 5.74) is 3.51. The van der Waals surface area contributed by atoms with Gasteiger partial charge in [0.25, 0.3) is 0 Å². The van der Waals surface area contributed by atoms with Gasteiger partial charge in [-0.05, 0) is 14.0 Å². The zero-order valence-electron chi connectivity index (χ0n) is 12.2. The molecule has 0 bridgehead atoms. The highest BCUT2D eigenvalue weighted by atomic mass is 16.7. The van der Waals surface area contributed by atoms with Crippen LogP contribution in [0.15, 0.2) is 11.5 Å². The van der Waals surface area contributed by atoms with Crippen molar-refractivity contribution in [2.75, 3.05) is 34.2 Å². The molecular weight excluding hydrogens is 246 g/mol. The molecular formula is C13H23N3O3. The second kappa shape index (κ2) is 5.28. The Labute approximate surface area is 114 Å². The summed E-state index contributed by atoms with van der Waals surface area (Å²) in [5, 5.41) is 0. The third-order valence-corrected chi connectivity index (χ3v) is 3.82. The Bertz CT molecular complexity index is 385. The smallest absolute Gasteiger partial charge is 0.433 e. The fourth-order valence-electron chi connectivity index (χ4n) is 2.48. The quantitative estimate of drug-likeness (QED) is 0.766. The molecule has 1 spiro atoms. The number of allylic oxidation sites excluding steroid dienone is 1. The number of amides is 1. The normalized spacial score (nSPS) is 22.3. The van der Waals surface area contributed by atoms with Crippen molar-refractivity contribution in [1.29, 1.82) is 0 Å². The molecule has 0 aliphatic carbocycles. The third-order valence-electron chi connectivity index (χ3n) is 3.82. The number of hydrogen-bond donors (Lipinski definition) is 1. The SMILES string of the molecule is CC1=C(NOC(=O)N(C)C)CC2(CCN(C)CC2)O1. The predicted octanol–water partition coefficient (Wildman–Crippen LogP) is 1.31. The minimum absolute atomic E-state index is 0.108. The van der Waals surface area contributed by atoms with Crippen LogP contribution in [0.3, 0.4) is 0 Å². The Balaban J connectivity index is 1.89. The Morgan fingerprint density at radius 1 is 1.42 bits per heavy atom. The average molecular weight is 269 g/mol. The molecule has 2 heterocycles. The Kier molecular flexibility index (Phi) is 3.89.